The van der Waals surface area contributed by atoms with E-state index in [-0.39, 0.29) is 5.91 Å². The summed E-state index contributed by atoms with van der Waals surface area (Å²) in [6, 6.07) is 3.83. The van der Waals surface area contributed by atoms with Crippen LogP contribution < -0.4 is 10.2 Å². The zero-order chi connectivity index (χ0) is 13.7. The Morgan fingerprint density at radius 2 is 2.32 bits per heavy atom. The van der Waals surface area contributed by atoms with Crippen LogP contribution in [-0.2, 0) is 4.79 Å². The number of nitrogens with zero attached hydrogens (tertiary/aromatic N) is 4. The number of amides is 1. The normalized spacial score (nSPS) is 15.9. The molecule has 1 aromatic rings. The molecular formula is C13H17N5O. The van der Waals surface area contributed by atoms with Crippen molar-refractivity contribution in [1.29, 1.82) is 5.26 Å². The molecule has 1 N–H and O–H groups in total. The van der Waals surface area contributed by atoms with Gasteiger partial charge in [-0.2, -0.15) is 10.4 Å². The second kappa shape index (κ2) is 6.14. The van der Waals surface area contributed by atoms with E-state index in [1.165, 1.54) is 13.1 Å². The minimum Gasteiger partial charge on any atom is -0.356 e. The average Bonchev–Trinajstić information content (AvgIpc) is 2.45. The first-order valence-electron chi connectivity index (χ1n) is 6.42. The maximum atomic E-state index is 10.9. The van der Waals surface area contributed by atoms with Gasteiger partial charge >= 0.3 is 0 Å². The highest BCUT2D eigenvalue weighted by Gasteiger charge is 2.22. The van der Waals surface area contributed by atoms with Gasteiger partial charge in [-0.1, -0.05) is 0 Å². The highest BCUT2D eigenvalue weighted by molar-refractivity contribution is 5.72. The van der Waals surface area contributed by atoms with Crippen molar-refractivity contribution in [2.24, 2.45) is 5.92 Å². The minimum atomic E-state index is 0.0168. The van der Waals surface area contributed by atoms with Crippen LogP contribution in [0.3, 0.4) is 0 Å². The third kappa shape index (κ3) is 3.41. The molecule has 0 spiro atoms. The summed E-state index contributed by atoms with van der Waals surface area (Å²) < 4.78 is 0. The van der Waals surface area contributed by atoms with Gasteiger partial charge in [0.1, 0.15) is 6.07 Å². The molecule has 19 heavy (non-hydrogen) atoms. The number of nitrogens with one attached hydrogen (secondary N) is 1. The van der Waals surface area contributed by atoms with Crippen LogP contribution in [0.2, 0.25) is 0 Å². The number of piperidine rings is 1. The maximum Gasteiger partial charge on any atom is 0.216 e. The van der Waals surface area contributed by atoms with Gasteiger partial charge in [0.15, 0.2) is 5.82 Å². The summed E-state index contributed by atoms with van der Waals surface area (Å²) in [6.45, 7) is 3.96. The molecule has 0 saturated carbocycles. The van der Waals surface area contributed by atoms with Gasteiger partial charge in [0.05, 0.1) is 11.8 Å². The van der Waals surface area contributed by atoms with Gasteiger partial charge in [0.2, 0.25) is 5.91 Å². The Kier molecular flexibility index (Phi) is 4.29. The van der Waals surface area contributed by atoms with E-state index >= 15 is 0 Å². The molecule has 0 aromatic carbocycles. The summed E-state index contributed by atoms with van der Waals surface area (Å²) in [5.41, 5.74) is 0.565. The van der Waals surface area contributed by atoms with Crippen molar-refractivity contribution in [3.8, 4) is 6.07 Å². The monoisotopic (exact) mass is 259 g/mol. The number of hydrogen-bond acceptors (Lipinski definition) is 5. The first-order valence-corrected chi connectivity index (χ1v) is 6.42. The van der Waals surface area contributed by atoms with E-state index in [1.54, 1.807) is 6.07 Å². The lowest BCUT2D eigenvalue weighted by Gasteiger charge is -2.32. The van der Waals surface area contributed by atoms with Gasteiger partial charge in [0, 0.05) is 26.6 Å². The molecule has 6 heteroatoms. The number of carbonyl (C=O) groups is 1. The Morgan fingerprint density at radius 1 is 1.58 bits per heavy atom. The number of aromatic nitrogens is 2. The maximum absolute atomic E-state index is 10.9. The third-order valence-corrected chi connectivity index (χ3v) is 3.38. The van der Waals surface area contributed by atoms with Crippen LogP contribution in [0.4, 0.5) is 5.82 Å². The minimum absolute atomic E-state index is 0.0168. The third-order valence-electron chi connectivity index (χ3n) is 3.38. The SMILES string of the molecule is CC(=O)NCC1CCN(c2nnccc2C#N)CC1. The van der Waals surface area contributed by atoms with Crippen LogP contribution in [0.25, 0.3) is 0 Å². The Hall–Kier alpha value is -2.16. The van der Waals surface area contributed by atoms with Gasteiger partial charge in [-0.15, -0.1) is 5.10 Å². The van der Waals surface area contributed by atoms with Crippen LogP contribution in [-0.4, -0.2) is 35.7 Å². The lowest BCUT2D eigenvalue weighted by molar-refractivity contribution is -0.119. The summed E-state index contributed by atoms with van der Waals surface area (Å²) in [5.74, 6) is 1.19. The molecule has 1 amide bonds. The molecule has 0 aliphatic carbocycles. The molecule has 100 valence electrons. The van der Waals surface area contributed by atoms with E-state index in [9.17, 15) is 4.79 Å². The number of nitriles is 1. The Bertz CT molecular complexity index is 488. The number of carbonyl (C=O) groups excluding carboxylic acids is 1. The van der Waals surface area contributed by atoms with E-state index in [0.717, 1.165) is 32.5 Å². The van der Waals surface area contributed by atoms with Gasteiger partial charge in [-0.25, -0.2) is 0 Å². The first-order chi connectivity index (χ1) is 9.20. The van der Waals surface area contributed by atoms with Crippen molar-refractivity contribution >= 4 is 11.7 Å². The van der Waals surface area contributed by atoms with Crippen LogP contribution in [0.15, 0.2) is 12.3 Å². The van der Waals surface area contributed by atoms with Crippen molar-refractivity contribution < 1.29 is 4.79 Å². The van der Waals surface area contributed by atoms with E-state index in [1.807, 2.05) is 0 Å². The Morgan fingerprint density at radius 3 is 2.95 bits per heavy atom. The van der Waals surface area contributed by atoms with Crippen molar-refractivity contribution in [3.05, 3.63) is 17.8 Å². The van der Waals surface area contributed by atoms with Crippen LogP contribution in [0.5, 0.6) is 0 Å². The Balaban J connectivity index is 1.93. The molecule has 1 fully saturated rings. The molecule has 1 saturated heterocycles. The topological polar surface area (TPSA) is 81.9 Å². The van der Waals surface area contributed by atoms with Crippen LogP contribution in [0.1, 0.15) is 25.3 Å². The number of rotatable bonds is 3. The van der Waals surface area contributed by atoms with Crippen molar-refractivity contribution in [3.63, 3.8) is 0 Å². The largest absolute Gasteiger partial charge is 0.356 e. The molecule has 1 aliphatic heterocycles. The van der Waals surface area contributed by atoms with Gasteiger partial charge < -0.3 is 10.2 Å². The number of anilines is 1. The predicted octanol–water partition coefficient (Wildman–Crippen LogP) is 0.701. The molecule has 0 radical (unpaired) electrons. The first kappa shape index (κ1) is 13.3. The summed E-state index contributed by atoms with van der Waals surface area (Å²) in [5, 5.41) is 19.8. The van der Waals surface area contributed by atoms with Crippen molar-refractivity contribution in [2.45, 2.75) is 19.8 Å². The quantitative estimate of drug-likeness (QED) is 0.864. The summed E-state index contributed by atoms with van der Waals surface area (Å²) in [7, 11) is 0. The van der Waals surface area contributed by atoms with E-state index < -0.39 is 0 Å². The van der Waals surface area contributed by atoms with Crippen LogP contribution in [0, 0.1) is 17.2 Å². The second-order valence-corrected chi connectivity index (χ2v) is 4.75. The Labute approximate surface area is 112 Å². The second-order valence-electron chi connectivity index (χ2n) is 4.75. The van der Waals surface area contributed by atoms with Crippen molar-refractivity contribution in [2.75, 3.05) is 24.5 Å². The molecule has 2 rings (SSSR count). The molecule has 1 aliphatic rings. The zero-order valence-electron chi connectivity index (χ0n) is 11.0. The summed E-state index contributed by atoms with van der Waals surface area (Å²) in [4.78, 5) is 13.0. The zero-order valence-corrected chi connectivity index (χ0v) is 11.0. The van der Waals surface area contributed by atoms with Gasteiger partial charge in [-0.05, 0) is 24.8 Å². The molecule has 0 unspecified atom stereocenters. The standard InChI is InChI=1S/C13H17N5O/c1-10(19)15-9-11-3-6-18(7-4-11)13-12(8-14)2-5-16-17-13/h2,5,11H,3-4,6-7,9H2,1H3,(H,15,19). The van der Waals surface area contributed by atoms with E-state index in [0.29, 0.717) is 17.3 Å². The average molecular weight is 259 g/mol. The molecule has 2 heterocycles. The van der Waals surface area contributed by atoms with E-state index in [2.05, 4.69) is 26.5 Å². The molecule has 0 atom stereocenters. The smallest absolute Gasteiger partial charge is 0.216 e. The van der Waals surface area contributed by atoms with Gasteiger partial charge in [0.25, 0.3) is 0 Å². The molecular weight excluding hydrogens is 242 g/mol. The fourth-order valence-corrected chi connectivity index (χ4v) is 2.28. The molecule has 6 nitrogen and oxygen atoms in total. The summed E-state index contributed by atoms with van der Waals surface area (Å²) >= 11 is 0. The van der Waals surface area contributed by atoms with Gasteiger partial charge in [-0.3, -0.25) is 4.79 Å². The highest BCUT2D eigenvalue weighted by atomic mass is 16.1. The number of hydrogen-bond donors (Lipinski definition) is 1. The lowest BCUT2D eigenvalue weighted by Crippen LogP contribution is -2.39. The van der Waals surface area contributed by atoms with Crippen molar-refractivity contribution in [1.82, 2.24) is 15.5 Å². The summed E-state index contributed by atoms with van der Waals surface area (Å²) in [6.07, 6.45) is 3.51. The fourth-order valence-electron chi connectivity index (χ4n) is 2.28. The fraction of sp³-hybridized carbons (Fsp3) is 0.538. The highest BCUT2D eigenvalue weighted by Crippen LogP contribution is 2.23. The predicted molar refractivity (Wildman–Crippen MR) is 70.4 cm³/mol. The lowest BCUT2D eigenvalue weighted by atomic mass is 9.96. The van der Waals surface area contributed by atoms with Crippen LogP contribution >= 0.6 is 0 Å². The van der Waals surface area contributed by atoms with E-state index in [4.69, 9.17) is 5.26 Å². The molecule has 0 bridgehead atoms. The molecule has 1 aromatic heterocycles.